The second-order valence-corrected chi connectivity index (χ2v) is 2.79. The molecule has 0 atom stereocenters. The van der Waals surface area contributed by atoms with Crippen LogP contribution in [0.4, 0.5) is 5.69 Å². The fourth-order valence-electron chi connectivity index (χ4n) is 0.953. The van der Waals surface area contributed by atoms with Crippen LogP contribution in [-0.4, -0.2) is 11.7 Å². The van der Waals surface area contributed by atoms with Crippen LogP contribution in [-0.2, 0) is 9.59 Å². The van der Waals surface area contributed by atoms with E-state index in [2.05, 4.69) is 5.32 Å². The number of Topliss-reactive ketones (excluding diaryl/α,β-unsaturated/α-hetero) is 1. The van der Waals surface area contributed by atoms with Crippen molar-refractivity contribution in [2.75, 3.05) is 5.32 Å². The fraction of sp³-hybridized carbons (Fsp3) is 0.500. The molecule has 1 N–H and O–H groups in total. The molecule has 0 saturated carbocycles. The molecule has 1 rings (SSSR count). The molecule has 0 aliphatic rings. The van der Waals surface area contributed by atoms with Gasteiger partial charge in [0, 0.05) is 5.69 Å². The van der Waals surface area contributed by atoms with Crippen molar-refractivity contribution in [3.05, 3.63) is 30.3 Å². The number of ketones is 1. The quantitative estimate of drug-likeness (QED) is 0.808. The molecule has 1 aromatic rings. The third-order valence-electron chi connectivity index (χ3n) is 1.47. The summed E-state index contributed by atoms with van der Waals surface area (Å²) in [5.41, 5.74) is 0.716. The number of carbonyl (C=O) groups is 2. The first-order valence-corrected chi connectivity index (χ1v) is 7.03. The zero-order valence-electron chi connectivity index (χ0n) is 13.4. The van der Waals surface area contributed by atoms with E-state index in [4.69, 9.17) is 0 Å². The van der Waals surface area contributed by atoms with E-state index < -0.39 is 0 Å². The second kappa shape index (κ2) is 18.7. The lowest BCUT2D eigenvalue weighted by Gasteiger charge is -2.01. The average Bonchev–Trinajstić information content (AvgIpc) is 2.45. The largest absolute Gasteiger partial charge is 0.326 e. The second-order valence-electron chi connectivity index (χ2n) is 2.79. The van der Waals surface area contributed by atoms with Gasteiger partial charge in [0.05, 0.1) is 6.42 Å². The Hall–Kier alpha value is -1.64. The molecular weight excluding hydrogens is 238 g/mol. The Bertz CT molecular complexity index is 308. The molecule has 3 heteroatoms. The normalized spacial score (nSPS) is 7.32. The van der Waals surface area contributed by atoms with Gasteiger partial charge >= 0.3 is 0 Å². The average molecular weight is 267 g/mol. The Morgan fingerprint density at radius 3 is 1.68 bits per heavy atom. The molecule has 0 aliphatic carbocycles. The summed E-state index contributed by atoms with van der Waals surface area (Å²) in [6, 6.07) is 9.06. The summed E-state index contributed by atoms with van der Waals surface area (Å²) in [5, 5.41) is 2.61. The third kappa shape index (κ3) is 16.4. The number of para-hydroxylation sites is 1. The lowest BCUT2D eigenvalue weighted by Crippen LogP contribution is -2.14. The number of hydrogen-bond donors (Lipinski definition) is 1. The van der Waals surface area contributed by atoms with Crippen LogP contribution in [0.3, 0.4) is 0 Å². The van der Waals surface area contributed by atoms with Gasteiger partial charge in [-0.15, -0.1) is 0 Å². The summed E-state index contributed by atoms with van der Waals surface area (Å²) < 4.78 is 0. The van der Waals surface area contributed by atoms with Crippen molar-refractivity contribution in [1.29, 1.82) is 0 Å². The summed E-state index contributed by atoms with van der Waals surface area (Å²) in [6.45, 7) is 13.4. The summed E-state index contributed by atoms with van der Waals surface area (Å²) in [5.74, 6) is -0.396. The lowest BCUT2D eigenvalue weighted by atomic mass is 10.2. The number of amides is 1. The highest BCUT2D eigenvalue weighted by atomic mass is 16.2. The van der Waals surface area contributed by atoms with Crippen LogP contribution in [0.15, 0.2) is 30.3 Å². The van der Waals surface area contributed by atoms with Crippen molar-refractivity contribution in [1.82, 2.24) is 0 Å². The Balaban J connectivity index is -0.000000375. The standard InChI is InChI=1S/C10H11NO2.3C2H6/c1-8(12)7-10(13)11-9-5-3-2-4-6-9;3*1-2/h2-6H,7H2,1H3,(H,11,13);3*1-2H3. The number of nitrogens with one attached hydrogen (secondary N) is 1. The topological polar surface area (TPSA) is 46.2 Å². The number of hydrogen-bond acceptors (Lipinski definition) is 2. The summed E-state index contributed by atoms with van der Waals surface area (Å²) in [7, 11) is 0. The Kier molecular flexibility index (Phi) is 22.2. The highest BCUT2D eigenvalue weighted by molar-refractivity contribution is 6.03. The number of anilines is 1. The molecule has 0 aliphatic heterocycles. The van der Waals surface area contributed by atoms with Crippen LogP contribution < -0.4 is 5.32 Å². The van der Waals surface area contributed by atoms with Crippen molar-refractivity contribution in [3.8, 4) is 0 Å². The van der Waals surface area contributed by atoms with Crippen molar-refractivity contribution in [2.24, 2.45) is 0 Å². The maximum Gasteiger partial charge on any atom is 0.231 e. The summed E-state index contributed by atoms with van der Waals surface area (Å²) in [4.78, 5) is 21.7. The monoisotopic (exact) mass is 267 g/mol. The first-order chi connectivity index (χ1) is 9.18. The van der Waals surface area contributed by atoms with Crippen molar-refractivity contribution >= 4 is 17.4 Å². The summed E-state index contributed by atoms with van der Waals surface area (Å²) in [6.07, 6.45) is -0.0606. The number of rotatable bonds is 3. The van der Waals surface area contributed by atoms with Crippen LogP contribution in [0.25, 0.3) is 0 Å². The molecule has 0 saturated heterocycles. The third-order valence-corrected chi connectivity index (χ3v) is 1.47. The molecule has 0 heterocycles. The first-order valence-electron chi connectivity index (χ1n) is 7.03. The number of carbonyl (C=O) groups excluding carboxylic acids is 2. The lowest BCUT2D eigenvalue weighted by molar-refractivity contribution is -0.124. The van der Waals surface area contributed by atoms with E-state index in [1.807, 2.05) is 59.7 Å². The van der Waals surface area contributed by atoms with E-state index >= 15 is 0 Å². The van der Waals surface area contributed by atoms with E-state index in [9.17, 15) is 9.59 Å². The summed E-state index contributed by atoms with van der Waals surface area (Å²) >= 11 is 0. The zero-order chi connectivity index (χ0) is 15.7. The molecule has 0 unspecified atom stereocenters. The van der Waals surface area contributed by atoms with Gasteiger partial charge in [-0.3, -0.25) is 9.59 Å². The van der Waals surface area contributed by atoms with Crippen LogP contribution in [0.5, 0.6) is 0 Å². The SMILES string of the molecule is CC.CC.CC.CC(=O)CC(=O)Nc1ccccc1. The maximum atomic E-state index is 11.1. The highest BCUT2D eigenvalue weighted by Crippen LogP contribution is 2.05. The molecule has 0 radical (unpaired) electrons. The Labute approximate surface area is 118 Å². The van der Waals surface area contributed by atoms with E-state index in [-0.39, 0.29) is 18.1 Å². The minimum Gasteiger partial charge on any atom is -0.326 e. The van der Waals surface area contributed by atoms with Gasteiger partial charge in [0.1, 0.15) is 5.78 Å². The Morgan fingerprint density at radius 1 is 0.895 bits per heavy atom. The molecule has 0 fully saturated rings. The Morgan fingerprint density at radius 2 is 1.32 bits per heavy atom. The predicted octanol–water partition coefficient (Wildman–Crippen LogP) is 4.68. The molecule has 19 heavy (non-hydrogen) atoms. The van der Waals surface area contributed by atoms with Gasteiger partial charge in [-0.2, -0.15) is 0 Å². The number of benzene rings is 1. The molecular formula is C16H29NO2. The predicted molar refractivity (Wildman–Crippen MR) is 84.4 cm³/mol. The van der Waals surface area contributed by atoms with Gasteiger partial charge in [0.15, 0.2) is 0 Å². The zero-order valence-corrected chi connectivity index (χ0v) is 13.4. The van der Waals surface area contributed by atoms with Crippen molar-refractivity contribution in [3.63, 3.8) is 0 Å². The molecule has 0 spiro atoms. The van der Waals surface area contributed by atoms with E-state index in [1.54, 1.807) is 12.1 Å². The van der Waals surface area contributed by atoms with Gasteiger partial charge in [0.2, 0.25) is 5.91 Å². The molecule has 1 amide bonds. The van der Waals surface area contributed by atoms with Crippen LogP contribution in [0.1, 0.15) is 54.9 Å². The maximum absolute atomic E-state index is 11.1. The smallest absolute Gasteiger partial charge is 0.231 e. The van der Waals surface area contributed by atoms with Gasteiger partial charge in [0.25, 0.3) is 0 Å². The minimum atomic E-state index is -0.265. The minimum absolute atomic E-state index is 0.0606. The van der Waals surface area contributed by atoms with Crippen LogP contribution in [0, 0.1) is 0 Å². The first kappa shape index (κ1) is 22.5. The molecule has 1 aromatic carbocycles. The van der Waals surface area contributed by atoms with Crippen molar-refractivity contribution in [2.45, 2.75) is 54.9 Å². The molecule has 3 nitrogen and oxygen atoms in total. The fourth-order valence-corrected chi connectivity index (χ4v) is 0.953. The van der Waals surface area contributed by atoms with Gasteiger partial charge in [-0.1, -0.05) is 59.7 Å². The van der Waals surface area contributed by atoms with Crippen molar-refractivity contribution < 1.29 is 9.59 Å². The molecule has 110 valence electrons. The van der Waals surface area contributed by atoms with E-state index in [0.717, 1.165) is 0 Å². The van der Waals surface area contributed by atoms with Crippen LogP contribution in [0.2, 0.25) is 0 Å². The van der Waals surface area contributed by atoms with E-state index in [1.165, 1.54) is 6.92 Å². The molecule has 0 bridgehead atoms. The highest BCUT2D eigenvalue weighted by Gasteiger charge is 2.04. The molecule has 0 aromatic heterocycles. The van der Waals surface area contributed by atoms with Gasteiger partial charge in [-0.05, 0) is 19.1 Å². The van der Waals surface area contributed by atoms with E-state index in [0.29, 0.717) is 5.69 Å². The van der Waals surface area contributed by atoms with Gasteiger partial charge < -0.3 is 5.32 Å². The van der Waals surface area contributed by atoms with Gasteiger partial charge in [-0.25, -0.2) is 0 Å². The van der Waals surface area contributed by atoms with Crippen LogP contribution >= 0.6 is 0 Å².